The van der Waals surface area contributed by atoms with E-state index in [-0.39, 0.29) is 17.4 Å². The van der Waals surface area contributed by atoms with E-state index in [1.54, 1.807) is 17.0 Å². The van der Waals surface area contributed by atoms with Crippen molar-refractivity contribution in [1.82, 2.24) is 14.9 Å². The molecule has 1 amide bonds. The highest BCUT2D eigenvalue weighted by atomic mass is 16.3. The first-order valence-corrected chi connectivity index (χ1v) is 8.93. The van der Waals surface area contributed by atoms with Gasteiger partial charge in [0.05, 0.1) is 11.4 Å². The van der Waals surface area contributed by atoms with Gasteiger partial charge in [-0.1, -0.05) is 0 Å². The van der Waals surface area contributed by atoms with Crippen LogP contribution < -0.4 is 10.6 Å². The minimum absolute atomic E-state index is 0.0239. The summed E-state index contributed by atoms with van der Waals surface area (Å²) in [6, 6.07) is 6.13. The number of nitrogens with two attached hydrogens (primary N) is 1. The van der Waals surface area contributed by atoms with Gasteiger partial charge in [-0.2, -0.15) is 0 Å². The first kappa shape index (κ1) is 19.6. The molecule has 0 saturated carbocycles. The maximum absolute atomic E-state index is 12.2. The predicted molar refractivity (Wildman–Crippen MR) is 106 cm³/mol. The molecule has 9 heteroatoms. The number of nitrogens with zero attached hydrogens (tertiary/aromatic N) is 4. The molecule has 1 aliphatic heterocycles. The van der Waals surface area contributed by atoms with Gasteiger partial charge in [0, 0.05) is 43.5 Å². The number of rotatable bonds is 4. The summed E-state index contributed by atoms with van der Waals surface area (Å²) in [7, 11) is 0. The number of carbonyl (C=O) groups is 1. The Kier molecular flexibility index (Phi) is 5.19. The van der Waals surface area contributed by atoms with Gasteiger partial charge in [-0.05, 0) is 32.0 Å². The van der Waals surface area contributed by atoms with E-state index in [1.165, 1.54) is 32.3 Å². The Bertz CT molecular complexity index is 901. The third-order valence-electron chi connectivity index (χ3n) is 4.63. The van der Waals surface area contributed by atoms with E-state index in [0.717, 1.165) is 0 Å². The van der Waals surface area contributed by atoms with Crippen LogP contribution >= 0.6 is 0 Å². The Morgan fingerprint density at radius 2 is 1.86 bits per heavy atom. The van der Waals surface area contributed by atoms with Crippen molar-refractivity contribution in [1.29, 1.82) is 5.41 Å². The Morgan fingerprint density at radius 3 is 2.50 bits per heavy atom. The first-order chi connectivity index (χ1) is 13.2. The van der Waals surface area contributed by atoms with Crippen LogP contribution in [0.2, 0.25) is 0 Å². The summed E-state index contributed by atoms with van der Waals surface area (Å²) in [6.07, 6.45) is 1.38. The van der Waals surface area contributed by atoms with Crippen molar-refractivity contribution in [2.75, 3.05) is 36.8 Å². The summed E-state index contributed by atoms with van der Waals surface area (Å²) in [5, 5.41) is 28.0. The van der Waals surface area contributed by atoms with Crippen molar-refractivity contribution in [2.24, 2.45) is 0 Å². The third-order valence-corrected chi connectivity index (χ3v) is 4.63. The summed E-state index contributed by atoms with van der Waals surface area (Å²) < 4.78 is 0. The number of phenolic OH excluding ortho intramolecular Hbond substituents is 1. The summed E-state index contributed by atoms with van der Waals surface area (Å²) in [5.41, 5.74) is 5.78. The van der Waals surface area contributed by atoms with Crippen LogP contribution in [0.3, 0.4) is 0 Å². The Labute approximate surface area is 163 Å². The van der Waals surface area contributed by atoms with Gasteiger partial charge in [0.1, 0.15) is 23.5 Å². The van der Waals surface area contributed by atoms with Crippen LogP contribution in [0.15, 0.2) is 30.6 Å². The molecule has 0 radical (unpaired) electrons. The van der Waals surface area contributed by atoms with Gasteiger partial charge in [-0.15, -0.1) is 0 Å². The predicted octanol–water partition coefficient (Wildman–Crippen LogP) is 0.600. The number of amides is 1. The van der Waals surface area contributed by atoms with Gasteiger partial charge < -0.3 is 25.7 Å². The van der Waals surface area contributed by atoms with E-state index < -0.39 is 5.60 Å². The number of carbonyl (C=O) groups excluding carboxylic acids is 1. The van der Waals surface area contributed by atoms with Crippen LogP contribution in [0.25, 0.3) is 0 Å². The van der Waals surface area contributed by atoms with Gasteiger partial charge in [0.2, 0.25) is 0 Å². The highest BCUT2D eigenvalue weighted by Gasteiger charge is 2.31. The van der Waals surface area contributed by atoms with Crippen molar-refractivity contribution in [3.05, 3.63) is 41.9 Å². The highest BCUT2D eigenvalue weighted by Crippen LogP contribution is 2.23. The standard InChI is InChI=1S/C19H24N6O3/c1-19(2,28)18(27)25-7-5-24(6-8-25)16-10-15(22-11-23-16)17(21)13-9-12(26)3-4-14(13)20/h3-4,9-11,21,26,28H,5-8,20H2,1-2H3. The normalized spacial score (nSPS) is 14.8. The minimum atomic E-state index is -1.39. The van der Waals surface area contributed by atoms with Crippen molar-refractivity contribution in [3.63, 3.8) is 0 Å². The molecule has 1 fully saturated rings. The number of hydrogen-bond acceptors (Lipinski definition) is 8. The smallest absolute Gasteiger partial charge is 0.254 e. The number of benzene rings is 1. The lowest BCUT2D eigenvalue weighted by Crippen LogP contribution is -2.54. The molecule has 0 unspecified atom stereocenters. The zero-order valence-corrected chi connectivity index (χ0v) is 15.9. The van der Waals surface area contributed by atoms with Gasteiger partial charge in [-0.25, -0.2) is 9.97 Å². The molecule has 2 aromatic rings. The second-order valence-electron chi connectivity index (χ2n) is 7.25. The Morgan fingerprint density at radius 1 is 1.18 bits per heavy atom. The Hall–Kier alpha value is -3.20. The molecule has 5 N–H and O–H groups in total. The molecule has 1 saturated heterocycles. The topological polar surface area (TPSA) is 140 Å². The largest absolute Gasteiger partial charge is 0.508 e. The van der Waals surface area contributed by atoms with E-state index in [0.29, 0.717) is 48.9 Å². The van der Waals surface area contributed by atoms with Gasteiger partial charge in [0.15, 0.2) is 0 Å². The number of aromatic nitrogens is 2. The summed E-state index contributed by atoms with van der Waals surface area (Å²) in [5.74, 6) is 0.372. The van der Waals surface area contributed by atoms with E-state index in [4.69, 9.17) is 11.1 Å². The molecule has 148 valence electrons. The number of anilines is 2. The highest BCUT2D eigenvalue weighted by molar-refractivity contribution is 6.13. The van der Waals surface area contributed by atoms with E-state index in [9.17, 15) is 15.0 Å². The van der Waals surface area contributed by atoms with E-state index >= 15 is 0 Å². The lowest BCUT2D eigenvalue weighted by Gasteiger charge is -2.37. The summed E-state index contributed by atoms with van der Waals surface area (Å²) in [4.78, 5) is 24.3. The fourth-order valence-electron chi connectivity index (χ4n) is 3.08. The van der Waals surface area contributed by atoms with Gasteiger partial charge in [0.25, 0.3) is 5.91 Å². The molecule has 2 heterocycles. The van der Waals surface area contributed by atoms with Crippen LogP contribution in [0.4, 0.5) is 11.5 Å². The minimum Gasteiger partial charge on any atom is -0.508 e. The maximum atomic E-state index is 12.2. The lowest BCUT2D eigenvalue weighted by atomic mass is 10.0. The monoisotopic (exact) mass is 384 g/mol. The number of nitrogens with one attached hydrogen (secondary N) is 1. The second kappa shape index (κ2) is 7.43. The van der Waals surface area contributed by atoms with Gasteiger partial charge in [-0.3, -0.25) is 10.2 Å². The van der Waals surface area contributed by atoms with E-state index in [2.05, 4.69) is 9.97 Å². The van der Waals surface area contributed by atoms with Crippen LogP contribution in [0.5, 0.6) is 5.75 Å². The molecule has 1 aromatic heterocycles. The summed E-state index contributed by atoms with van der Waals surface area (Å²) in [6.45, 7) is 5.02. The zero-order chi connectivity index (χ0) is 20.5. The first-order valence-electron chi connectivity index (χ1n) is 8.93. The SMILES string of the molecule is CC(C)(O)C(=O)N1CCN(c2cc(C(=N)c3cc(O)ccc3N)ncn2)CC1. The number of aliphatic hydroxyl groups is 1. The maximum Gasteiger partial charge on any atom is 0.254 e. The van der Waals surface area contributed by atoms with Crippen LogP contribution in [0, 0.1) is 5.41 Å². The van der Waals surface area contributed by atoms with Crippen molar-refractivity contribution in [3.8, 4) is 5.75 Å². The van der Waals surface area contributed by atoms with Crippen LogP contribution in [-0.2, 0) is 4.79 Å². The Balaban J connectivity index is 1.75. The molecule has 0 aliphatic carbocycles. The fraction of sp³-hybridized carbons (Fsp3) is 0.368. The average molecular weight is 384 g/mol. The van der Waals surface area contributed by atoms with Gasteiger partial charge >= 0.3 is 0 Å². The third kappa shape index (κ3) is 4.04. The number of hydrogen-bond donors (Lipinski definition) is 4. The van der Waals surface area contributed by atoms with Crippen molar-refractivity contribution < 1.29 is 15.0 Å². The van der Waals surface area contributed by atoms with Crippen molar-refractivity contribution >= 4 is 23.1 Å². The molecule has 0 bridgehead atoms. The van der Waals surface area contributed by atoms with Crippen molar-refractivity contribution in [2.45, 2.75) is 19.4 Å². The molecular formula is C19H24N6O3. The number of aromatic hydroxyl groups is 1. The quantitative estimate of drug-likeness (QED) is 0.344. The number of phenols is 1. The number of piperazine rings is 1. The second-order valence-corrected chi connectivity index (χ2v) is 7.25. The molecule has 9 nitrogen and oxygen atoms in total. The molecule has 28 heavy (non-hydrogen) atoms. The molecule has 3 rings (SSSR count). The van der Waals surface area contributed by atoms with Crippen LogP contribution in [-0.4, -0.2) is 68.5 Å². The molecule has 1 aliphatic rings. The fourth-order valence-corrected chi connectivity index (χ4v) is 3.08. The average Bonchev–Trinajstić information content (AvgIpc) is 2.68. The van der Waals surface area contributed by atoms with E-state index in [1.807, 2.05) is 4.90 Å². The summed E-state index contributed by atoms with van der Waals surface area (Å²) >= 11 is 0. The van der Waals surface area contributed by atoms with Crippen LogP contribution in [0.1, 0.15) is 25.1 Å². The zero-order valence-electron chi connectivity index (χ0n) is 15.9. The molecule has 0 spiro atoms. The number of nitrogen functional groups attached to an aromatic ring is 1. The molecule has 0 atom stereocenters. The molecule has 1 aromatic carbocycles. The molecular weight excluding hydrogens is 360 g/mol. The lowest BCUT2D eigenvalue weighted by molar-refractivity contribution is -0.148.